The quantitative estimate of drug-likeness (QED) is 0.786. The van der Waals surface area contributed by atoms with Crippen LogP contribution >= 0.6 is 0 Å². The van der Waals surface area contributed by atoms with Crippen molar-refractivity contribution in [2.45, 2.75) is 58.9 Å². The Morgan fingerprint density at radius 2 is 1.89 bits per heavy atom. The predicted molar refractivity (Wildman–Crippen MR) is 75.0 cm³/mol. The monoisotopic (exact) mass is 261 g/mol. The number of amides is 1. The van der Waals surface area contributed by atoms with Gasteiger partial charge in [-0.2, -0.15) is 0 Å². The molecule has 0 aliphatic carbocycles. The molecule has 0 saturated carbocycles. The third-order valence-electron chi connectivity index (χ3n) is 3.57. The minimum absolute atomic E-state index is 0.341. The molecule has 0 N–H and O–H groups in total. The Hall–Kier alpha value is -1.45. The summed E-state index contributed by atoms with van der Waals surface area (Å²) in [6.45, 7) is 10.0. The molecule has 2 heterocycles. The van der Waals surface area contributed by atoms with Gasteiger partial charge in [-0.15, -0.1) is 0 Å². The minimum atomic E-state index is 0.341. The highest BCUT2D eigenvalue weighted by atomic mass is 16.1. The van der Waals surface area contributed by atoms with Gasteiger partial charge in [0.1, 0.15) is 5.82 Å². The van der Waals surface area contributed by atoms with E-state index in [-0.39, 0.29) is 0 Å². The molecule has 1 aliphatic heterocycles. The number of rotatable bonds is 3. The first kappa shape index (κ1) is 14.0. The lowest BCUT2D eigenvalue weighted by molar-refractivity contribution is -0.118. The van der Waals surface area contributed by atoms with E-state index in [9.17, 15) is 4.79 Å². The van der Waals surface area contributed by atoms with Crippen LogP contribution in [0.2, 0.25) is 0 Å². The van der Waals surface area contributed by atoms with E-state index in [2.05, 4.69) is 27.7 Å². The van der Waals surface area contributed by atoms with Gasteiger partial charge >= 0.3 is 0 Å². The molecule has 4 heteroatoms. The molecule has 0 spiro atoms. The number of carbonyl (C=O) groups excluding carboxylic acids is 1. The molecule has 0 aromatic carbocycles. The van der Waals surface area contributed by atoms with E-state index >= 15 is 0 Å². The average Bonchev–Trinajstić information content (AvgIpc) is 2.58. The zero-order chi connectivity index (χ0) is 14.0. The molecule has 1 aliphatic rings. The molecule has 19 heavy (non-hydrogen) atoms. The summed E-state index contributed by atoms with van der Waals surface area (Å²) in [5.41, 5.74) is 3.43. The van der Waals surface area contributed by atoms with Crippen molar-refractivity contribution >= 4 is 6.41 Å². The molecule has 0 atom stereocenters. The van der Waals surface area contributed by atoms with Crippen LogP contribution in [0.5, 0.6) is 0 Å². The van der Waals surface area contributed by atoms with Crippen molar-refractivity contribution < 1.29 is 4.79 Å². The predicted octanol–water partition coefficient (Wildman–Crippen LogP) is 2.63. The van der Waals surface area contributed by atoms with Gasteiger partial charge in [0, 0.05) is 30.3 Å². The first-order chi connectivity index (χ1) is 9.02. The third kappa shape index (κ3) is 2.94. The fourth-order valence-electron chi connectivity index (χ4n) is 2.51. The van der Waals surface area contributed by atoms with Crippen molar-refractivity contribution in [3.8, 4) is 0 Å². The van der Waals surface area contributed by atoms with Gasteiger partial charge in [-0.05, 0) is 18.8 Å². The molecule has 1 amide bonds. The van der Waals surface area contributed by atoms with Crippen molar-refractivity contribution in [3.05, 3.63) is 22.8 Å². The Kier molecular flexibility index (Phi) is 4.17. The van der Waals surface area contributed by atoms with Crippen molar-refractivity contribution in [2.24, 2.45) is 0 Å². The molecular weight excluding hydrogens is 238 g/mol. The second-order valence-corrected chi connectivity index (χ2v) is 5.88. The second-order valence-electron chi connectivity index (χ2n) is 5.88. The molecule has 2 rings (SSSR count). The van der Waals surface area contributed by atoms with E-state index in [1.807, 2.05) is 4.90 Å². The standard InChI is InChI=1S/C15H23N3O/c1-10(2)14-12-8-18(9-19)7-5-6-13(12)16-15(17-14)11(3)4/h9-11H,5-8H2,1-4H3. The maximum Gasteiger partial charge on any atom is 0.210 e. The van der Waals surface area contributed by atoms with Crippen LogP contribution in [0.15, 0.2) is 0 Å². The van der Waals surface area contributed by atoms with E-state index in [4.69, 9.17) is 9.97 Å². The highest BCUT2D eigenvalue weighted by Gasteiger charge is 2.22. The Morgan fingerprint density at radius 1 is 1.16 bits per heavy atom. The van der Waals surface area contributed by atoms with Crippen molar-refractivity contribution in [2.75, 3.05) is 6.54 Å². The van der Waals surface area contributed by atoms with E-state index < -0.39 is 0 Å². The normalized spacial score (nSPS) is 15.6. The largest absolute Gasteiger partial charge is 0.341 e. The highest BCUT2D eigenvalue weighted by molar-refractivity contribution is 5.48. The van der Waals surface area contributed by atoms with E-state index in [0.29, 0.717) is 18.4 Å². The van der Waals surface area contributed by atoms with Crippen LogP contribution in [0, 0.1) is 0 Å². The fraction of sp³-hybridized carbons (Fsp3) is 0.667. The number of carbonyl (C=O) groups is 1. The van der Waals surface area contributed by atoms with Gasteiger partial charge in [-0.25, -0.2) is 9.97 Å². The number of aromatic nitrogens is 2. The van der Waals surface area contributed by atoms with Crippen molar-refractivity contribution in [1.29, 1.82) is 0 Å². The van der Waals surface area contributed by atoms with Crippen LogP contribution in [-0.2, 0) is 17.8 Å². The Labute approximate surface area is 115 Å². The van der Waals surface area contributed by atoms with Crippen LogP contribution in [0.3, 0.4) is 0 Å². The Morgan fingerprint density at radius 3 is 2.47 bits per heavy atom. The van der Waals surface area contributed by atoms with Gasteiger partial charge in [0.25, 0.3) is 0 Å². The summed E-state index contributed by atoms with van der Waals surface area (Å²) in [6.07, 6.45) is 2.87. The summed E-state index contributed by atoms with van der Waals surface area (Å²) in [6, 6.07) is 0. The topological polar surface area (TPSA) is 46.1 Å². The van der Waals surface area contributed by atoms with E-state index in [1.165, 1.54) is 5.56 Å². The summed E-state index contributed by atoms with van der Waals surface area (Å²) in [5, 5.41) is 0. The first-order valence-electron chi connectivity index (χ1n) is 7.11. The SMILES string of the molecule is CC(C)c1nc2c(c(C(C)C)n1)CN(C=O)CCC2. The van der Waals surface area contributed by atoms with Crippen LogP contribution in [0.25, 0.3) is 0 Å². The van der Waals surface area contributed by atoms with Crippen LogP contribution in [-0.4, -0.2) is 27.8 Å². The summed E-state index contributed by atoms with van der Waals surface area (Å²) in [7, 11) is 0. The summed E-state index contributed by atoms with van der Waals surface area (Å²) in [4.78, 5) is 22.4. The number of nitrogens with zero attached hydrogens (tertiary/aromatic N) is 3. The van der Waals surface area contributed by atoms with Crippen molar-refractivity contribution in [1.82, 2.24) is 14.9 Å². The smallest absolute Gasteiger partial charge is 0.210 e. The molecule has 104 valence electrons. The minimum Gasteiger partial charge on any atom is -0.341 e. The maximum absolute atomic E-state index is 11.1. The number of aryl methyl sites for hydroxylation is 1. The highest BCUT2D eigenvalue weighted by Crippen LogP contribution is 2.26. The fourth-order valence-corrected chi connectivity index (χ4v) is 2.51. The van der Waals surface area contributed by atoms with Crippen LogP contribution < -0.4 is 0 Å². The summed E-state index contributed by atoms with van der Waals surface area (Å²) < 4.78 is 0. The number of hydrogen-bond acceptors (Lipinski definition) is 3. The van der Waals surface area contributed by atoms with Crippen LogP contribution in [0.1, 0.15) is 68.7 Å². The Bertz CT molecular complexity index is 469. The molecule has 1 aromatic rings. The first-order valence-corrected chi connectivity index (χ1v) is 7.11. The van der Waals surface area contributed by atoms with E-state index in [1.54, 1.807) is 0 Å². The average molecular weight is 261 g/mol. The summed E-state index contributed by atoms with van der Waals surface area (Å²) >= 11 is 0. The number of fused-ring (bicyclic) bond motifs is 1. The molecular formula is C15H23N3O. The van der Waals surface area contributed by atoms with Gasteiger partial charge in [0.2, 0.25) is 6.41 Å². The van der Waals surface area contributed by atoms with Crippen LogP contribution in [0.4, 0.5) is 0 Å². The molecule has 4 nitrogen and oxygen atoms in total. The lowest BCUT2D eigenvalue weighted by Crippen LogP contribution is -2.22. The Balaban J connectivity index is 2.52. The molecule has 0 bridgehead atoms. The van der Waals surface area contributed by atoms with E-state index in [0.717, 1.165) is 43.0 Å². The third-order valence-corrected chi connectivity index (χ3v) is 3.57. The summed E-state index contributed by atoms with van der Waals surface area (Å²) in [5.74, 6) is 1.64. The van der Waals surface area contributed by atoms with Gasteiger partial charge in [0.05, 0.1) is 5.69 Å². The lowest BCUT2D eigenvalue weighted by Gasteiger charge is -2.19. The van der Waals surface area contributed by atoms with Crippen molar-refractivity contribution in [3.63, 3.8) is 0 Å². The zero-order valence-corrected chi connectivity index (χ0v) is 12.3. The maximum atomic E-state index is 11.1. The zero-order valence-electron chi connectivity index (χ0n) is 12.3. The van der Waals surface area contributed by atoms with Gasteiger partial charge in [0.15, 0.2) is 0 Å². The molecule has 0 fully saturated rings. The lowest BCUT2D eigenvalue weighted by atomic mass is 10.00. The number of hydrogen-bond donors (Lipinski definition) is 0. The van der Waals surface area contributed by atoms with Gasteiger partial charge in [-0.3, -0.25) is 4.79 Å². The van der Waals surface area contributed by atoms with Gasteiger partial charge in [-0.1, -0.05) is 27.7 Å². The second kappa shape index (κ2) is 5.68. The van der Waals surface area contributed by atoms with Gasteiger partial charge < -0.3 is 4.90 Å². The molecule has 0 unspecified atom stereocenters. The molecule has 0 radical (unpaired) electrons. The molecule has 0 saturated heterocycles. The molecule has 1 aromatic heterocycles.